The van der Waals surface area contributed by atoms with E-state index < -0.39 is 18.1 Å². The number of nitrogens with zero attached hydrogens (tertiary/aromatic N) is 4. The van der Waals surface area contributed by atoms with Crippen LogP contribution in [0.1, 0.15) is 34.6 Å². The van der Waals surface area contributed by atoms with Crippen LogP contribution in [0.2, 0.25) is 10.0 Å². The summed E-state index contributed by atoms with van der Waals surface area (Å²) in [5.41, 5.74) is 9.10. The van der Waals surface area contributed by atoms with Crippen molar-refractivity contribution < 1.29 is 19.4 Å². The number of urea groups is 1. The molecule has 3 N–H and O–H groups in total. The monoisotopic (exact) mass is 589 g/mol. The van der Waals surface area contributed by atoms with Gasteiger partial charge in [-0.3, -0.25) is 19.2 Å². The molecule has 41 heavy (non-hydrogen) atoms. The van der Waals surface area contributed by atoms with Gasteiger partial charge in [0.15, 0.2) is 5.82 Å². The zero-order chi connectivity index (χ0) is 28.8. The minimum atomic E-state index is -0.591. The highest BCUT2D eigenvalue weighted by Crippen LogP contribution is 2.45. The van der Waals surface area contributed by atoms with Crippen molar-refractivity contribution in [3.63, 3.8) is 0 Å². The van der Waals surface area contributed by atoms with Gasteiger partial charge in [0, 0.05) is 21.8 Å². The first-order valence-electron chi connectivity index (χ1n) is 12.9. The number of primary amides is 1. The van der Waals surface area contributed by atoms with Crippen molar-refractivity contribution in [1.29, 1.82) is 0 Å². The highest BCUT2D eigenvalue weighted by atomic mass is 35.5. The molecule has 9 nitrogen and oxygen atoms in total. The number of anilines is 1. The number of nitrogens with two attached hydrogens (primary N) is 1. The Kier molecular flexibility index (Phi) is 6.94. The van der Waals surface area contributed by atoms with Gasteiger partial charge in [-0.1, -0.05) is 47.5 Å². The van der Waals surface area contributed by atoms with E-state index in [0.717, 1.165) is 11.3 Å². The normalized spacial score (nSPS) is 16.9. The lowest BCUT2D eigenvalue weighted by Gasteiger charge is -2.42. The van der Waals surface area contributed by atoms with Crippen LogP contribution >= 0.6 is 23.2 Å². The van der Waals surface area contributed by atoms with Crippen LogP contribution in [0.3, 0.4) is 0 Å². The number of aliphatic hydroxyl groups is 1. The van der Waals surface area contributed by atoms with Crippen molar-refractivity contribution in [1.82, 2.24) is 14.5 Å². The van der Waals surface area contributed by atoms with E-state index in [-0.39, 0.29) is 19.2 Å². The van der Waals surface area contributed by atoms with Crippen molar-refractivity contribution in [2.24, 2.45) is 5.73 Å². The van der Waals surface area contributed by atoms with E-state index in [4.69, 9.17) is 38.7 Å². The van der Waals surface area contributed by atoms with E-state index >= 15 is 0 Å². The quantitative estimate of drug-likeness (QED) is 0.302. The summed E-state index contributed by atoms with van der Waals surface area (Å²) in [5.74, 6) is 0.383. The third-order valence-electron chi connectivity index (χ3n) is 7.28. The zero-order valence-electron chi connectivity index (χ0n) is 21.9. The number of fused-ring (bicyclic) bond motifs is 3. The number of aliphatic hydroxyl groups excluding tert-OH is 1. The molecule has 1 aromatic heterocycles. The molecule has 3 heterocycles. The largest absolute Gasteiger partial charge is 0.491 e. The van der Waals surface area contributed by atoms with Gasteiger partial charge < -0.3 is 15.6 Å². The van der Waals surface area contributed by atoms with Gasteiger partial charge in [-0.15, -0.1) is 0 Å². The maximum Gasteiger partial charge on any atom is 0.331 e. The van der Waals surface area contributed by atoms with Crippen molar-refractivity contribution in [3.05, 3.63) is 106 Å². The van der Waals surface area contributed by atoms with E-state index in [0.29, 0.717) is 44.2 Å². The van der Waals surface area contributed by atoms with Crippen LogP contribution < -0.4 is 10.6 Å². The van der Waals surface area contributed by atoms with Crippen LogP contribution in [0.4, 0.5) is 10.6 Å². The third-order valence-corrected chi connectivity index (χ3v) is 7.87. The van der Waals surface area contributed by atoms with E-state index in [1.54, 1.807) is 52.3 Å². The zero-order valence-corrected chi connectivity index (χ0v) is 23.4. The van der Waals surface area contributed by atoms with E-state index in [1.165, 1.54) is 6.26 Å². The molecule has 3 aromatic carbocycles. The predicted molar refractivity (Wildman–Crippen MR) is 157 cm³/mol. The maximum atomic E-state index is 14.2. The fourth-order valence-electron chi connectivity index (χ4n) is 5.15. The fourth-order valence-corrected chi connectivity index (χ4v) is 5.50. The Morgan fingerprint density at radius 2 is 1.80 bits per heavy atom. The standard InChI is InChI=1S/C30H25Cl2N5O4/c1-17(18-6-8-19(9-7-18)27(33)39)36-29-26(25-16-41-22(15-38)14-35(25)30(36)40)37(21-12-10-20(31)11-13-21)28(34-29)23-4-2-3-5-24(23)32/h2-13,16-17,22,38H,14-15H2,1H3,(H2,33,39)/t17-,22+/m0/s1. The fraction of sp³-hybridized carbons (Fsp3) is 0.167. The molecule has 3 amide bonds. The van der Waals surface area contributed by atoms with Gasteiger partial charge in [0.05, 0.1) is 24.2 Å². The molecule has 0 fully saturated rings. The molecule has 208 valence electrons. The number of amides is 3. The molecule has 11 heteroatoms. The first-order chi connectivity index (χ1) is 19.8. The number of rotatable bonds is 6. The van der Waals surface area contributed by atoms with Gasteiger partial charge in [-0.25, -0.2) is 9.78 Å². The minimum Gasteiger partial charge on any atom is -0.491 e. The number of benzene rings is 3. The average Bonchev–Trinajstić information content (AvgIpc) is 3.37. The lowest BCUT2D eigenvalue weighted by molar-refractivity contribution is 0.0500. The SMILES string of the molecule is C[C@@H](c1ccc(C(N)=O)cc1)N1C(=O)N2C[C@H](CO)OC=C2c2c1nc(-c1ccccc1Cl)n2-c1ccc(Cl)cc1. The number of hydrogen-bond donors (Lipinski definition) is 2. The van der Waals surface area contributed by atoms with E-state index in [2.05, 4.69) is 0 Å². The Bertz CT molecular complexity index is 1680. The number of aromatic nitrogens is 2. The molecular formula is C30H25Cl2N5O4. The predicted octanol–water partition coefficient (Wildman–Crippen LogP) is 5.64. The molecule has 0 unspecified atom stereocenters. The van der Waals surface area contributed by atoms with Crippen LogP contribution in [0.15, 0.2) is 79.1 Å². The maximum absolute atomic E-state index is 14.2. The summed E-state index contributed by atoms with van der Waals surface area (Å²) >= 11 is 12.9. The van der Waals surface area contributed by atoms with Gasteiger partial charge in [0.2, 0.25) is 5.91 Å². The molecule has 0 saturated carbocycles. The smallest absolute Gasteiger partial charge is 0.331 e. The van der Waals surface area contributed by atoms with E-state index in [9.17, 15) is 14.7 Å². The Morgan fingerprint density at radius 3 is 2.46 bits per heavy atom. The van der Waals surface area contributed by atoms with Crippen LogP contribution in [0.25, 0.3) is 22.8 Å². The summed E-state index contributed by atoms with van der Waals surface area (Å²) in [6, 6.07) is 20.6. The Balaban J connectivity index is 1.62. The lowest BCUT2D eigenvalue weighted by Crippen LogP contribution is -2.52. The second kappa shape index (κ2) is 10.6. The second-order valence-electron chi connectivity index (χ2n) is 9.77. The summed E-state index contributed by atoms with van der Waals surface area (Å²) in [7, 11) is 0. The molecule has 0 bridgehead atoms. The van der Waals surface area contributed by atoms with Crippen LogP contribution in [0.5, 0.6) is 0 Å². The second-order valence-corrected chi connectivity index (χ2v) is 10.6. The molecule has 0 radical (unpaired) electrons. The number of carbonyl (C=O) groups excluding carboxylic acids is 2. The average molecular weight is 590 g/mol. The van der Waals surface area contributed by atoms with Crippen molar-refractivity contribution in [2.45, 2.75) is 19.1 Å². The van der Waals surface area contributed by atoms with Gasteiger partial charge in [0.25, 0.3) is 0 Å². The number of imidazole rings is 1. The van der Waals surface area contributed by atoms with Gasteiger partial charge >= 0.3 is 6.03 Å². The summed E-state index contributed by atoms with van der Waals surface area (Å²) in [6.45, 7) is 1.76. The molecule has 4 aromatic rings. The first kappa shape index (κ1) is 26.9. The summed E-state index contributed by atoms with van der Waals surface area (Å²) < 4.78 is 7.74. The Morgan fingerprint density at radius 1 is 1.10 bits per heavy atom. The lowest BCUT2D eigenvalue weighted by atomic mass is 10.0. The highest BCUT2D eigenvalue weighted by Gasteiger charge is 2.44. The van der Waals surface area contributed by atoms with Crippen molar-refractivity contribution in [3.8, 4) is 17.1 Å². The third kappa shape index (κ3) is 4.61. The van der Waals surface area contributed by atoms with Crippen LogP contribution in [0, 0.1) is 0 Å². The molecule has 6 rings (SSSR count). The molecule has 2 aliphatic heterocycles. The number of hydrogen-bond acceptors (Lipinski definition) is 5. The van der Waals surface area contributed by atoms with Gasteiger partial charge in [-0.2, -0.15) is 0 Å². The highest BCUT2D eigenvalue weighted by molar-refractivity contribution is 6.33. The van der Waals surface area contributed by atoms with Gasteiger partial charge in [-0.05, 0) is 61.0 Å². The molecular weight excluding hydrogens is 565 g/mol. The van der Waals surface area contributed by atoms with E-state index in [1.807, 2.05) is 41.8 Å². The van der Waals surface area contributed by atoms with Crippen LogP contribution in [-0.4, -0.2) is 50.8 Å². The minimum absolute atomic E-state index is 0.137. The Labute approximate surface area is 246 Å². The Hall–Kier alpha value is -4.31. The summed E-state index contributed by atoms with van der Waals surface area (Å²) in [4.78, 5) is 34.1. The summed E-state index contributed by atoms with van der Waals surface area (Å²) in [6.07, 6.45) is 0.904. The number of ether oxygens (including phenoxy) is 1. The van der Waals surface area contributed by atoms with Gasteiger partial charge in [0.1, 0.15) is 29.6 Å². The number of halogens is 2. The summed E-state index contributed by atoms with van der Waals surface area (Å²) in [5, 5.41) is 10.9. The van der Waals surface area contributed by atoms with Crippen LogP contribution in [-0.2, 0) is 4.74 Å². The van der Waals surface area contributed by atoms with Crippen molar-refractivity contribution >= 4 is 46.7 Å². The molecule has 0 spiro atoms. The first-order valence-corrected chi connectivity index (χ1v) is 13.6. The molecule has 2 aliphatic rings. The molecule has 0 aliphatic carbocycles. The topological polar surface area (TPSA) is 114 Å². The number of carbonyl (C=O) groups is 2. The van der Waals surface area contributed by atoms with Crippen molar-refractivity contribution in [2.75, 3.05) is 18.1 Å². The molecule has 2 atom stereocenters. The molecule has 0 saturated heterocycles.